The topological polar surface area (TPSA) is 69.7 Å². The van der Waals surface area contributed by atoms with Gasteiger partial charge in [-0.05, 0) is 34.7 Å². The van der Waals surface area contributed by atoms with Gasteiger partial charge in [-0.25, -0.2) is 12.8 Å². The fraction of sp³-hybridized carbons (Fsp3) is 0.292. The molecule has 2 aromatic carbocycles. The van der Waals surface area contributed by atoms with Crippen LogP contribution in [-0.4, -0.2) is 56.3 Å². The highest BCUT2D eigenvalue weighted by molar-refractivity contribution is 7.88. The molecule has 1 saturated heterocycles. The van der Waals surface area contributed by atoms with Gasteiger partial charge in [-0.3, -0.25) is 9.69 Å². The van der Waals surface area contributed by atoms with E-state index in [-0.39, 0.29) is 30.1 Å². The van der Waals surface area contributed by atoms with Crippen molar-refractivity contribution in [1.29, 1.82) is 0 Å². The molecule has 1 unspecified atom stereocenters. The first-order valence-electron chi connectivity index (χ1n) is 10.7. The van der Waals surface area contributed by atoms with Gasteiger partial charge in [-0.2, -0.15) is 4.31 Å². The lowest BCUT2D eigenvalue weighted by Crippen LogP contribution is -2.51. The van der Waals surface area contributed by atoms with Crippen LogP contribution in [0.1, 0.15) is 22.0 Å². The van der Waals surface area contributed by atoms with E-state index in [2.05, 4.69) is 5.32 Å². The molecule has 4 rings (SSSR count). The van der Waals surface area contributed by atoms with E-state index in [9.17, 15) is 17.6 Å². The smallest absolute Gasteiger partial charge is 0.234 e. The molecule has 9 heteroatoms. The van der Waals surface area contributed by atoms with Crippen molar-refractivity contribution in [2.75, 3.05) is 32.7 Å². The van der Waals surface area contributed by atoms with E-state index < -0.39 is 10.0 Å². The summed E-state index contributed by atoms with van der Waals surface area (Å²) >= 11 is 1.53. The zero-order valence-electron chi connectivity index (χ0n) is 18.1. The maximum absolute atomic E-state index is 13.4. The molecule has 0 bridgehead atoms. The maximum atomic E-state index is 13.4. The molecule has 1 fully saturated rings. The first kappa shape index (κ1) is 23.6. The Kier molecular flexibility index (Phi) is 7.54. The highest BCUT2D eigenvalue weighted by Gasteiger charge is 2.28. The average Bonchev–Trinajstić information content (AvgIpc) is 3.34. The highest BCUT2D eigenvalue weighted by Crippen LogP contribution is 2.26. The molecule has 6 nitrogen and oxygen atoms in total. The van der Waals surface area contributed by atoms with Crippen LogP contribution in [0.15, 0.2) is 72.1 Å². The van der Waals surface area contributed by atoms with E-state index in [4.69, 9.17) is 0 Å². The molecule has 1 aliphatic rings. The number of sulfonamides is 1. The number of nitrogens with zero attached hydrogens (tertiary/aromatic N) is 2. The first-order valence-corrected chi connectivity index (χ1v) is 13.2. The fourth-order valence-corrected chi connectivity index (χ4v) is 6.20. The van der Waals surface area contributed by atoms with E-state index in [0.717, 1.165) is 16.0 Å². The van der Waals surface area contributed by atoms with E-state index in [1.165, 1.54) is 27.8 Å². The molecule has 33 heavy (non-hydrogen) atoms. The van der Waals surface area contributed by atoms with Gasteiger partial charge >= 0.3 is 0 Å². The van der Waals surface area contributed by atoms with Gasteiger partial charge in [0.05, 0.1) is 18.3 Å². The second-order valence-corrected chi connectivity index (χ2v) is 10.9. The summed E-state index contributed by atoms with van der Waals surface area (Å²) in [4.78, 5) is 15.7. The van der Waals surface area contributed by atoms with Gasteiger partial charge in [0.25, 0.3) is 0 Å². The zero-order chi connectivity index (χ0) is 23.3. The van der Waals surface area contributed by atoms with E-state index in [1.54, 1.807) is 12.1 Å². The van der Waals surface area contributed by atoms with Gasteiger partial charge in [-0.1, -0.05) is 48.5 Å². The maximum Gasteiger partial charge on any atom is 0.234 e. The number of rotatable bonds is 8. The van der Waals surface area contributed by atoms with Gasteiger partial charge in [0.15, 0.2) is 0 Å². The van der Waals surface area contributed by atoms with Crippen molar-refractivity contribution in [3.05, 3.63) is 93.9 Å². The summed E-state index contributed by atoms with van der Waals surface area (Å²) in [6.07, 6.45) is 0. The number of hydrogen-bond acceptors (Lipinski definition) is 5. The molecule has 3 aromatic rings. The molecule has 0 aliphatic carbocycles. The summed E-state index contributed by atoms with van der Waals surface area (Å²) in [6.45, 7) is 1.86. The first-order chi connectivity index (χ1) is 15.9. The second kappa shape index (κ2) is 10.6. The minimum absolute atomic E-state index is 0.0194. The molecule has 1 aromatic heterocycles. The number of halogens is 1. The Balaban J connectivity index is 1.33. The molecular formula is C24H26FN3O3S2. The predicted octanol–water partition coefficient (Wildman–Crippen LogP) is 3.24. The van der Waals surface area contributed by atoms with Crippen LogP contribution in [0.2, 0.25) is 0 Å². The van der Waals surface area contributed by atoms with Crippen LogP contribution in [-0.2, 0) is 20.6 Å². The van der Waals surface area contributed by atoms with Crippen molar-refractivity contribution >= 4 is 27.3 Å². The minimum atomic E-state index is -3.40. The molecule has 174 valence electrons. The van der Waals surface area contributed by atoms with Gasteiger partial charge in [0.1, 0.15) is 5.82 Å². The van der Waals surface area contributed by atoms with Gasteiger partial charge in [0.2, 0.25) is 15.9 Å². The second-order valence-electron chi connectivity index (χ2n) is 7.98. The van der Waals surface area contributed by atoms with Gasteiger partial charge in [0, 0.05) is 31.1 Å². The monoisotopic (exact) mass is 487 g/mol. The van der Waals surface area contributed by atoms with Crippen molar-refractivity contribution in [3.63, 3.8) is 0 Å². The number of hydrogen-bond donors (Lipinski definition) is 1. The summed E-state index contributed by atoms with van der Waals surface area (Å²) < 4.78 is 40.4. The Morgan fingerprint density at radius 3 is 2.30 bits per heavy atom. The third-order valence-electron chi connectivity index (χ3n) is 5.62. The number of nitrogens with one attached hydrogen (secondary N) is 1. The molecule has 0 spiro atoms. The number of thiophene rings is 1. The van der Waals surface area contributed by atoms with Gasteiger partial charge < -0.3 is 5.32 Å². The molecule has 1 aliphatic heterocycles. The zero-order valence-corrected chi connectivity index (χ0v) is 19.7. The number of carbonyl (C=O) groups is 1. The molecule has 1 amide bonds. The normalized spacial score (nSPS) is 16.4. The molecule has 2 heterocycles. The van der Waals surface area contributed by atoms with Crippen molar-refractivity contribution in [1.82, 2.24) is 14.5 Å². The molecule has 1 N–H and O–H groups in total. The minimum Gasteiger partial charge on any atom is -0.343 e. The Labute approximate surface area is 197 Å². The largest absolute Gasteiger partial charge is 0.343 e. The summed E-state index contributed by atoms with van der Waals surface area (Å²) in [5.74, 6) is -0.498. The predicted molar refractivity (Wildman–Crippen MR) is 128 cm³/mol. The van der Waals surface area contributed by atoms with Crippen molar-refractivity contribution in [3.8, 4) is 0 Å². The number of carbonyl (C=O) groups excluding carboxylic acids is 1. The number of piperazine rings is 1. The van der Waals surface area contributed by atoms with Crippen LogP contribution in [0.4, 0.5) is 4.39 Å². The third-order valence-corrected chi connectivity index (χ3v) is 8.41. The van der Waals surface area contributed by atoms with Crippen molar-refractivity contribution in [2.24, 2.45) is 0 Å². The summed E-state index contributed by atoms with van der Waals surface area (Å²) in [6, 6.07) is 18.8. The van der Waals surface area contributed by atoms with Crippen LogP contribution in [0.25, 0.3) is 0 Å². The Morgan fingerprint density at radius 2 is 1.67 bits per heavy atom. The summed E-state index contributed by atoms with van der Waals surface area (Å²) in [5.41, 5.74) is 1.57. The standard InChI is InChI=1S/C24H26FN3O3S2/c25-21-10-8-20(9-11-21)24(22-7-4-16-32-22)26-23(29)17-27-12-14-28(15-13-27)33(30,31)18-19-5-2-1-3-6-19/h1-11,16,24H,12-15,17-18H2,(H,26,29). The number of benzene rings is 2. The lowest BCUT2D eigenvalue weighted by Gasteiger charge is -2.33. The Morgan fingerprint density at radius 1 is 0.970 bits per heavy atom. The lowest BCUT2D eigenvalue weighted by molar-refractivity contribution is -0.123. The fourth-order valence-electron chi connectivity index (χ4n) is 3.88. The SMILES string of the molecule is O=C(CN1CCN(S(=O)(=O)Cc2ccccc2)CC1)NC(c1ccc(F)cc1)c1cccs1. The number of amides is 1. The van der Waals surface area contributed by atoms with Crippen LogP contribution < -0.4 is 5.32 Å². The lowest BCUT2D eigenvalue weighted by atomic mass is 10.1. The van der Waals surface area contributed by atoms with E-state index in [0.29, 0.717) is 26.2 Å². The highest BCUT2D eigenvalue weighted by atomic mass is 32.2. The van der Waals surface area contributed by atoms with Crippen molar-refractivity contribution in [2.45, 2.75) is 11.8 Å². The molecule has 1 atom stereocenters. The van der Waals surface area contributed by atoms with Crippen LogP contribution in [0.3, 0.4) is 0 Å². The summed E-state index contributed by atoms with van der Waals surface area (Å²) in [7, 11) is -3.40. The molecule has 0 radical (unpaired) electrons. The quantitative estimate of drug-likeness (QED) is 0.530. The van der Waals surface area contributed by atoms with Crippen molar-refractivity contribution < 1.29 is 17.6 Å². The van der Waals surface area contributed by atoms with Crippen LogP contribution >= 0.6 is 11.3 Å². The van der Waals surface area contributed by atoms with Crippen LogP contribution in [0, 0.1) is 5.82 Å². The third kappa shape index (κ3) is 6.26. The Hall–Kier alpha value is -2.59. The molecular weight excluding hydrogens is 461 g/mol. The van der Waals surface area contributed by atoms with Gasteiger partial charge in [-0.15, -0.1) is 11.3 Å². The Bertz CT molecular complexity index is 1150. The van der Waals surface area contributed by atoms with Crippen LogP contribution in [0.5, 0.6) is 0 Å². The average molecular weight is 488 g/mol. The summed E-state index contributed by atoms with van der Waals surface area (Å²) in [5, 5.41) is 4.99. The van der Waals surface area contributed by atoms with E-state index in [1.807, 2.05) is 52.7 Å². The van der Waals surface area contributed by atoms with E-state index >= 15 is 0 Å². The molecule has 0 saturated carbocycles.